The van der Waals surface area contributed by atoms with E-state index >= 15 is 0 Å². The van der Waals surface area contributed by atoms with E-state index in [1.165, 1.54) is 37.1 Å². The van der Waals surface area contributed by atoms with Gasteiger partial charge >= 0.3 is 0 Å². The second-order valence-electron chi connectivity index (χ2n) is 8.89. The number of nitrogens with zero attached hydrogens (tertiary/aromatic N) is 2. The van der Waals surface area contributed by atoms with Gasteiger partial charge in [0.25, 0.3) is 11.4 Å². The monoisotopic (exact) mass is 579 g/mol. The van der Waals surface area contributed by atoms with Gasteiger partial charge in [-0.15, -0.1) is 23.4 Å². The third-order valence-electron chi connectivity index (χ3n) is 6.96. The first-order chi connectivity index (χ1) is 17.7. The molecule has 3 aromatic carbocycles. The summed E-state index contributed by atoms with van der Waals surface area (Å²) in [4.78, 5) is 23.0. The number of alkyl halides is 1. The predicted molar refractivity (Wildman–Crippen MR) is 146 cm³/mol. The number of nitro benzene ring substituents is 2. The second kappa shape index (κ2) is 10.2. The van der Waals surface area contributed by atoms with Gasteiger partial charge in [0.05, 0.1) is 55.1 Å². The SMILES string of the molecule is COc1cc([N+](=O)[O-])cc2c1N[C@H](c1cccc(Cl)c1Cl)[C@@H]1C[C@@H](Sc3ccccc3[N+](=O)[O-])[C@@H](Cl)[C@H]21. The summed E-state index contributed by atoms with van der Waals surface area (Å²) in [5, 5.41) is 26.9. The fourth-order valence-corrected chi connectivity index (χ4v) is 7.75. The van der Waals surface area contributed by atoms with Gasteiger partial charge in [-0.2, -0.15) is 0 Å². The van der Waals surface area contributed by atoms with Crippen LogP contribution >= 0.6 is 46.6 Å². The van der Waals surface area contributed by atoms with Crippen LogP contribution in [0.1, 0.15) is 29.5 Å². The lowest BCUT2D eigenvalue weighted by Gasteiger charge is -2.39. The van der Waals surface area contributed by atoms with Crippen molar-refractivity contribution < 1.29 is 14.6 Å². The zero-order valence-electron chi connectivity index (χ0n) is 19.3. The van der Waals surface area contributed by atoms with Crippen LogP contribution in [0.5, 0.6) is 5.75 Å². The van der Waals surface area contributed by atoms with Gasteiger partial charge in [-0.1, -0.05) is 47.5 Å². The molecule has 1 fully saturated rings. The van der Waals surface area contributed by atoms with Crippen molar-refractivity contribution in [3.63, 3.8) is 0 Å². The van der Waals surface area contributed by atoms with Gasteiger partial charge in [0, 0.05) is 23.3 Å². The van der Waals surface area contributed by atoms with E-state index in [4.69, 9.17) is 39.5 Å². The second-order valence-corrected chi connectivity index (χ2v) is 11.5. The van der Waals surface area contributed by atoms with Crippen molar-refractivity contribution in [1.29, 1.82) is 0 Å². The molecular weight excluding hydrogens is 561 g/mol. The summed E-state index contributed by atoms with van der Waals surface area (Å²) in [7, 11) is 1.45. The lowest BCUT2D eigenvalue weighted by Crippen LogP contribution is -2.31. The summed E-state index contributed by atoms with van der Waals surface area (Å²) in [5.74, 6) is -0.116. The average molecular weight is 581 g/mol. The maximum Gasteiger partial charge on any atom is 0.282 e. The molecule has 0 unspecified atom stereocenters. The molecule has 3 aromatic rings. The highest BCUT2D eigenvalue weighted by molar-refractivity contribution is 8.00. The van der Waals surface area contributed by atoms with Gasteiger partial charge in [-0.3, -0.25) is 20.2 Å². The van der Waals surface area contributed by atoms with Gasteiger partial charge in [0.1, 0.15) is 5.75 Å². The molecule has 1 aliphatic heterocycles. The molecule has 8 nitrogen and oxygen atoms in total. The molecule has 0 amide bonds. The molecule has 1 N–H and O–H groups in total. The minimum Gasteiger partial charge on any atom is -0.494 e. The van der Waals surface area contributed by atoms with Crippen LogP contribution < -0.4 is 10.1 Å². The Morgan fingerprint density at radius 1 is 1.03 bits per heavy atom. The maximum absolute atomic E-state index is 11.7. The van der Waals surface area contributed by atoms with Crippen LogP contribution in [0.3, 0.4) is 0 Å². The normalized spacial score (nSPS) is 24.1. The van der Waals surface area contributed by atoms with Crippen LogP contribution in [0.25, 0.3) is 0 Å². The third-order valence-corrected chi connectivity index (χ3v) is 9.90. The van der Waals surface area contributed by atoms with Gasteiger partial charge in [-0.25, -0.2) is 0 Å². The summed E-state index contributed by atoms with van der Waals surface area (Å²) in [6.07, 6.45) is 0.584. The quantitative estimate of drug-likeness (QED) is 0.180. The minimum absolute atomic E-state index is 0.0107. The number of benzene rings is 3. The van der Waals surface area contributed by atoms with Crippen molar-refractivity contribution in [1.82, 2.24) is 0 Å². The lowest BCUT2D eigenvalue weighted by atomic mass is 9.77. The Morgan fingerprint density at radius 2 is 1.78 bits per heavy atom. The smallest absolute Gasteiger partial charge is 0.282 e. The van der Waals surface area contributed by atoms with Crippen molar-refractivity contribution in [3.05, 3.63) is 96.0 Å². The van der Waals surface area contributed by atoms with E-state index in [-0.39, 0.29) is 34.5 Å². The number of hydrogen-bond acceptors (Lipinski definition) is 7. The van der Waals surface area contributed by atoms with Crippen molar-refractivity contribution in [2.75, 3.05) is 12.4 Å². The van der Waals surface area contributed by atoms with E-state index in [1.807, 2.05) is 12.1 Å². The van der Waals surface area contributed by atoms with Gasteiger partial charge in [0.15, 0.2) is 0 Å². The number of fused-ring (bicyclic) bond motifs is 3. The molecule has 12 heteroatoms. The number of halogens is 3. The van der Waals surface area contributed by atoms with E-state index in [0.29, 0.717) is 38.4 Å². The third kappa shape index (κ3) is 4.58. The highest BCUT2D eigenvalue weighted by Gasteiger charge is 2.52. The number of hydrogen-bond donors (Lipinski definition) is 1. The Morgan fingerprint density at radius 3 is 2.49 bits per heavy atom. The number of methoxy groups -OCH3 is 1. The van der Waals surface area contributed by atoms with Gasteiger partial charge in [0.2, 0.25) is 0 Å². The predicted octanol–water partition coefficient (Wildman–Crippen LogP) is 7.86. The number of nitrogens with one attached hydrogen (secondary N) is 1. The maximum atomic E-state index is 11.7. The molecule has 0 spiro atoms. The van der Waals surface area contributed by atoms with Crippen LogP contribution in [-0.2, 0) is 0 Å². The minimum atomic E-state index is -0.483. The number of ether oxygens (including phenoxy) is 1. The molecule has 0 saturated heterocycles. The number of thioether (sulfide) groups is 1. The number of non-ortho nitro benzene ring substituents is 1. The highest BCUT2D eigenvalue weighted by atomic mass is 35.5. The van der Waals surface area contributed by atoms with Crippen molar-refractivity contribution in [2.24, 2.45) is 5.92 Å². The summed E-state index contributed by atoms with van der Waals surface area (Å²) < 4.78 is 5.54. The van der Waals surface area contributed by atoms with E-state index < -0.39 is 15.2 Å². The Balaban J connectivity index is 1.63. The molecule has 2 aliphatic rings. The first-order valence-corrected chi connectivity index (χ1v) is 13.4. The van der Waals surface area contributed by atoms with Crippen LogP contribution in [-0.4, -0.2) is 27.6 Å². The van der Waals surface area contributed by atoms with E-state index in [9.17, 15) is 20.2 Å². The molecule has 0 radical (unpaired) electrons. The molecule has 192 valence electrons. The number of nitro groups is 2. The summed E-state index contributed by atoms with van der Waals surface area (Å²) in [5.41, 5.74) is 1.97. The first-order valence-electron chi connectivity index (χ1n) is 11.3. The van der Waals surface area contributed by atoms with E-state index in [1.54, 1.807) is 24.3 Å². The molecule has 0 aromatic heterocycles. The van der Waals surface area contributed by atoms with E-state index in [0.717, 1.165) is 5.56 Å². The lowest BCUT2D eigenvalue weighted by molar-refractivity contribution is -0.387. The Kier molecular flexibility index (Phi) is 7.15. The Hall–Kier alpha value is -2.72. The van der Waals surface area contributed by atoms with E-state index in [2.05, 4.69) is 5.32 Å². The summed E-state index contributed by atoms with van der Waals surface area (Å²) >= 11 is 21.5. The zero-order valence-corrected chi connectivity index (χ0v) is 22.4. The zero-order chi connectivity index (χ0) is 26.4. The molecule has 0 bridgehead atoms. The molecule has 37 heavy (non-hydrogen) atoms. The first kappa shape index (κ1) is 25.9. The molecule has 5 atom stereocenters. The number of para-hydroxylation sites is 1. The standard InChI is InChI=1S/C25H20Cl3N3O5S/c1-36-18-10-12(30(32)33)9-14-21-15(24(29-25(14)18)13-5-4-6-16(26)22(13)27)11-20(23(21)28)37-19-8-3-2-7-17(19)31(34)35/h2-10,15,20-21,23-24,29H,11H2,1H3/t15-,20-,21-,23-,24-/m1/s1. The fourth-order valence-electron chi connectivity index (χ4n) is 5.38. The molecule has 5 rings (SSSR count). The van der Waals surface area contributed by atoms with Gasteiger partial charge in [-0.05, 0) is 35.6 Å². The fraction of sp³-hybridized carbons (Fsp3) is 0.280. The molecule has 1 aliphatic carbocycles. The van der Waals surface area contributed by atoms with Crippen molar-refractivity contribution >= 4 is 63.6 Å². The molecular formula is C25H20Cl3N3O5S. The largest absolute Gasteiger partial charge is 0.494 e. The Bertz CT molecular complexity index is 1410. The number of anilines is 1. The van der Waals surface area contributed by atoms with Crippen molar-refractivity contribution in [3.8, 4) is 5.75 Å². The average Bonchev–Trinajstić information content (AvgIpc) is 3.20. The highest BCUT2D eigenvalue weighted by Crippen LogP contribution is 2.60. The summed E-state index contributed by atoms with van der Waals surface area (Å²) in [6, 6.07) is 14.5. The topological polar surface area (TPSA) is 108 Å². The summed E-state index contributed by atoms with van der Waals surface area (Å²) in [6.45, 7) is 0. The van der Waals surface area contributed by atoms with Crippen LogP contribution in [0, 0.1) is 26.1 Å². The van der Waals surface area contributed by atoms with Crippen LogP contribution in [0.2, 0.25) is 10.0 Å². The molecule has 1 heterocycles. The van der Waals surface area contributed by atoms with Crippen LogP contribution in [0.15, 0.2) is 59.5 Å². The van der Waals surface area contributed by atoms with Gasteiger partial charge < -0.3 is 10.1 Å². The van der Waals surface area contributed by atoms with Crippen molar-refractivity contribution in [2.45, 2.75) is 33.9 Å². The number of rotatable bonds is 6. The molecule has 1 saturated carbocycles. The Labute approximate surface area is 231 Å². The van der Waals surface area contributed by atoms with Crippen LogP contribution in [0.4, 0.5) is 17.1 Å².